The normalized spacial score (nSPS) is 14.7. The van der Waals surface area contributed by atoms with Crippen molar-refractivity contribution in [3.63, 3.8) is 0 Å². The van der Waals surface area contributed by atoms with E-state index in [4.69, 9.17) is 16.3 Å². The Morgan fingerprint density at radius 1 is 1.19 bits per heavy atom. The van der Waals surface area contributed by atoms with E-state index in [1.165, 1.54) is 6.07 Å². The van der Waals surface area contributed by atoms with Crippen molar-refractivity contribution in [1.82, 2.24) is 14.5 Å². The van der Waals surface area contributed by atoms with Crippen LogP contribution in [0.4, 0.5) is 17.6 Å². The van der Waals surface area contributed by atoms with Crippen molar-refractivity contribution in [2.45, 2.75) is 36.8 Å². The number of nitrogens with one attached hydrogen (secondary N) is 1. The Bertz CT molecular complexity index is 1390. The number of carbonyl (C=O) groups is 1. The number of aromatic nitrogens is 2. The molecule has 3 aromatic rings. The molecule has 1 aromatic heterocycles. The summed E-state index contributed by atoms with van der Waals surface area (Å²) in [6.07, 6.45) is 1.37. The predicted octanol–water partition coefficient (Wildman–Crippen LogP) is 5.37. The van der Waals surface area contributed by atoms with E-state index in [9.17, 15) is 30.8 Å². The molecule has 1 aliphatic carbocycles. The highest BCUT2D eigenvalue weighted by atomic mass is 35.5. The molecule has 1 saturated carbocycles. The summed E-state index contributed by atoms with van der Waals surface area (Å²) in [7, 11) is -4.54. The molecule has 1 heterocycles. The van der Waals surface area contributed by atoms with Crippen LogP contribution in [0.2, 0.25) is 5.02 Å². The van der Waals surface area contributed by atoms with Crippen molar-refractivity contribution < 1.29 is 35.5 Å². The lowest BCUT2D eigenvalue weighted by Gasteiger charge is -2.14. The van der Waals surface area contributed by atoms with Crippen LogP contribution in [0.3, 0.4) is 0 Å². The third-order valence-electron chi connectivity index (χ3n) is 5.75. The fourth-order valence-electron chi connectivity index (χ4n) is 3.84. The number of amides is 1. The van der Waals surface area contributed by atoms with Gasteiger partial charge in [-0.25, -0.2) is 22.2 Å². The highest BCUT2D eigenvalue weighted by Gasteiger charge is 2.31. The second-order valence-corrected chi connectivity index (χ2v) is 10.4. The van der Waals surface area contributed by atoms with Crippen LogP contribution >= 0.6 is 11.6 Å². The molecule has 0 radical (unpaired) electrons. The van der Waals surface area contributed by atoms with E-state index in [2.05, 4.69) is 5.10 Å². The second kappa shape index (κ2) is 10.1. The molecule has 36 heavy (non-hydrogen) atoms. The van der Waals surface area contributed by atoms with E-state index in [0.29, 0.717) is 12.5 Å². The molecule has 2 aromatic carbocycles. The van der Waals surface area contributed by atoms with Gasteiger partial charge in [-0.05, 0) is 43.0 Å². The molecule has 0 unspecified atom stereocenters. The van der Waals surface area contributed by atoms with Crippen molar-refractivity contribution in [2.75, 3.05) is 6.61 Å². The number of ether oxygens (including phenoxy) is 1. The minimum absolute atomic E-state index is 0.0443. The number of rotatable bonds is 7. The first-order valence-corrected chi connectivity index (χ1v) is 12.7. The van der Waals surface area contributed by atoms with E-state index >= 15 is 0 Å². The SMILES string of the molecule is O=C(NS(=O)(=O)c1cnn(-c2cccc(C(F)(F)F)c2)c1)c1cc(Cl)c(OCC2CCCC2)cc1F. The summed E-state index contributed by atoms with van der Waals surface area (Å²) in [5.74, 6) is -1.94. The molecule has 1 aliphatic rings. The van der Waals surface area contributed by atoms with Crippen molar-refractivity contribution >= 4 is 27.5 Å². The molecule has 1 fully saturated rings. The molecule has 7 nitrogen and oxygen atoms in total. The second-order valence-electron chi connectivity index (χ2n) is 8.33. The molecule has 1 amide bonds. The Morgan fingerprint density at radius 3 is 2.61 bits per heavy atom. The molecule has 0 bridgehead atoms. The van der Waals surface area contributed by atoms with Crippen LogP contribution in [-0.4, -0.2) is 30.7 Å². The van der Waals surface area contributed by atoms with Gasteiger partial charge in [0.15, 0.2) is 0 Å². The van der Waals surface area contributed by atoms with Crippen LogP contribution < -0.4 is 9.46 Å². The molecular weight excluding hydrogens is 526 g/mol. The number of benzene rings is 2. The molecule has 13 heteroatoms. The lowest BCUT2D eigenvalue weighted by Crippen LogP contribution is -2.31. The summed E-state index contributed by atoms with van der Waals surface area (Å²) < 4.78 is 87.0. The topological polar surface area (TPSA) is 90.3 Å². The first-order valence-electron chi connectivity index (χ1n) is 10.9. The number of hydrogen-bond donors (Lipinski definition) is 1. The van der Waals surface area contributed by atoms with Gasteiger partial charge in [0.25, 0.3) is 15.9 Å². The number of nitrogens with zero attached hydrogens (tertiary/aromatic N) is 2. The van der Waals surface area contributed by atoms with Crippen molar-refractivity contribution in [1.29, 1.82) is 0 Å². The molecule has 192 valence electrons. The highest BCUT2D eigenvalue weighted by molar-refractivity contribution is 7.90. The first-order chi connectivity index (χ1) is 16.9. The van der Waals surface area contributed by atoms with Gasteiger partial charge in [0, 0.05) is 6.07 Å². The minimum atomic E-state index is -4.60. The minimum Gasteiger partial charge on any atom is -0.492 e. The maximum absolute atomic E-state index is 14.6. The Labute approximate surface area is 209 Å². The average molecular weight is 546 g/mol. The number of sulfonamides is 1. The van der Waals surface area contributed by atoms with Gasteiger partial charge >= 0.3 is 6.18 Å². The van der Waals surface area contributed by atoms with Gasteiger partial charge in [-0.15, -0.1) is 0 Å². The molecular formula is C23H20ClF4N3O4S. The molecule has 0 atom stereocenters. The fourth-order valence-corrected chi connectivity index (χ4v) is 4.96. The highest BCUT2D eigenvalue weighted by Crippen LogP contribution is 2.32. The molecule has 0 saturated heterocycles. The van der Waals surface area contributed by atoms with Crippen LogP contribution in [0.25, 0.3) is 5.69 Å². The summed E-state index contributed by atoms with van der Waals surface area (Å²) in [6.45, 7) is 0.356. The molecule has 0 spiro atoms. The quantitative estimate of drug-likeness (QED) is 0.403. The zero-order valence-corrected chi connectivity index (χ0v) is 20.1. The van der Waals surface area contributed by atoms with Gasteiger partial charge < -0.3 is 4.74 Å². The molecule has 0 aliphatic heterocycles. The Kier molecular flexibility index (Phi) is 7.28. The lowest BCUT2D eigenvalue weighted by molar-refractivity contribution is -0.137. The summed E-state index contributed by atoms with van der Waals surface area (Å²) >= 11 is 6.12. The Balaban J connectivity index is 1.49. The van der Waals surface area contributed by atoms with Gasteiger partial charge in [0.1, 0.15) is 16.5 Å². The zero-order chi connectivity index (χ0) is 26.1. The van der Waals surface area contributed by atoms with E-state index in [1.54, 1.807) is 4.72 Å². The van der Waals surface area contributed by atoms with Crippen LogP contribution in [0.5, 0.6) is 5.75 Å². The van der Waals surface area contributed by atoms with Gasteiger partial charge in [-0.2, -0.15) is 18.3 Å². The van der Waals surface area contributed by atoms with Crippen molar-refractivity contribution in [3.8, 4) is 11.4 Å². The summed E-state index contributed by atoms with van der Waals surface area (Å²) in [4.78, 5) is 12.0. The van der Waals surface area contributed by atoms with Crippen LogP contribution in [0.15, 0.2) is 53.7 Å². The lowest BCUT2D eigenvalue weighted by atomic mass is 10.1. The van der Waals surface area contributed by atoms with Crippen molar-refractivity contribution in [2.24, 2.45) is 5.92 Å². The van der Waals surface area contributed by atoms with E-state index in [-0.39, 0.29) is 16.5 Å². The molecule has 4 rings (SSSR count). The van der Waals surface area contributed by atoms with Gasteiger partial charge in [-0.3, -0.25) is 4.79 Å². The van der Waals surface area contributed by atoms with Crippen LogP contribution in [-0.2, 0) is 16.2 Å². The molecule has 1 N–H and O–H groups in total. The third-order valence-corrected chi connectivity index (χ3v) is 7.33. The summed E-state index contributed by atoms with van der Waals surface area (Å²) in [6, 6.07) is 5.97. The number of alkyl halides is 3. The standard InChI is InChI=1S/C23H20ClF4N3O4S/c24-19-9-18(20(25)10-21(19)35-13-14-4-1-2-5-14)22(32)30-36(33,34)17-11-29-31(12-17)16-7-3-6-15(8-16)23(26,27)28/h3,6-12,14H,1-2,4-5,13H2,(H,30,32). The van der Waals surface area contributed by atoms with Gasteiger partial charge in [0.2, 0.25) is 0 Å². The number of carbonyl (C=O) groups excluding carboxylic acids is 1. The Hall–Kier alpha value is -3.12. The zero-order valence-electron chi connectivity index (χ0n) is 18.6. The predicted molar refractivity (Wildman–Crippen MR) is 122 cm³/mol. The monoisotopic (exact) mass is 545 g/mol. The van der Waals surface area contributed by atoms with Gasteiger partial charge in [0.05, 0.1) is 40.8 Å². The number of halogens is 5. The first kappa shape index (κ1) is 26.0. The van der Waals surface area contributed by atoms with Crippen molar-refractivity contribution in [3.05, 3.63) is 70.8 Å². The number of hydrogen-bond acceptors (Lipinski definition) is 5. The average Bonchev–Trinajstić information content (AvgIpc) is 3.51. The maximum Gasteiger partial charge on any atom is 0.416 e. The fraction of sp³-hybridized carbons (Fsp3) is 0.304. The maximum atomic E-state index is 14.6. The Morgan fingerprint density at radius 2 is 1.92 bits per heavy atom. The summed E-state index contributed by atoms with van der Waals surface area (Å²) in [5.41, 5.74) is -1.62. The smallest absolute Gasteiger partial charge is 0.416 e. The summed E-state index contributed by atoms with van der Waals surface area (Å²) in [5, 5.41) is 3.70. The van der Waals surface area contributed by atoms with E-state index in [1.807, 2.05) is 0 Å². The van der Waals surface area contributed by atoms with Crippen LogP contribution in [0.1, 0.15) is 41.6 Å². The third kappa shape index (κ3) is 5.81. The largest absolute Gasteiger partial charge is 0.492 e. The van der Waals surface area contributed by atoms with E-state index < -0.39 is 43.9 Å². The van der Waals surface area contributed by atoms with E-state index in [0.717, 1.165) is 73.1 Å². The van der Waals surface area contributed by atoms with Crippen LogP contribution in [0, 0.1) is 11.7 Å². The van der Waals surface area contributed by atoms with Gasteiger partial charge in [-0.1, -0.05) is 30.5 Å².